The number of halogens is 3. The molecule has 0 radical (unpaired) electrons. The molecule has 1 aliphatic rings. The van der Waals surface area contributed by atoms with Gasteiger partial charge >= 0.3 is 6.18 Å². The van der Waals surface area contributed by atoms with Gasteiger partial charge in [0.15, 0.2) is 0 Å². The molecule has 0 unspecified atom stereocenters. The SMILES string of the molecule is CC(C)(C)c1ccc(CCc2ccc(-c3noc([C@@H]4CCCN4)n3)cc2C(F)(F)F)cc1. The van der Waals surface area contributed by atoms with E-state index in [0.29, 0.717) is 24.3 Å². The van der Waals surface area contributed by atoms with E-state index < -0.39 is 11.7 Å². The average Bonchev–Trinajstić information content (AvgIpc) is 3.43. The maximum Gasteiger partial charge on any atom is 0.416 e. The van der Waals surface area contributed by atoms with Crippen LogP contribution in [0.4, 0.5) is 13.2 Å². The number of aryl methyl sites for hydroxylation is 2. The van der Waals surface area contributed by atoms with E-state index in [-0.39, 0.29) is 22.8 Å². The van der Waals surface area contributed by atoms with Gasteiger partial charge in [-0.3, -0.25) is 0 Å². The van der Waals surface area contributed by atoms with Gasteiger partial charge in [-0.25, -0.2) is 0 Å². The van der Waals surface area contributed by atoms with Crippen molar-refractivity contribution >= 4 is 0 Å². The second kappa shape index (κ2) is 8.70. The molecule has 7 heteroatoms. The minimum atomic E-state index is -4.46. The molecule has 32 heavy (non-hydrogen) atoms. The van der Waals surface area contributed by atoms with Crippen molar-refractivity contribution in [2.45, 2.75) is 64.1 Å². The Bertz CT molecular complexity index is 1060. The van der Waals surface area contributed by atoms with Crippen molar-refractivity contribution in [3.63, 3.8) is 0 Å². The van der Waals surface area contributed by atoms with Gasteiger partial charge in [0.1, 0.15) is 0 Å². The summed E-state index contributed by atoms with van der Waals surface area (Å²) in [7, 11) is 0. The lowest BCUT2D eigenvalue weighted by molar-refractivity contribution is -0.138. The van der Waals surface area contributed by atoms with Crippen LogP contribution in [0, 0.1) is 0 Å². The second-order valence-electron chi connectivity index (χ2n) is 9.42. The third-order valence-electron chi connectivity index (χ3n) is 5.98. The normalized spacial score (nSPS) is 17.1. The number of benzene rings is 2. The van der Waals surface area contributed by atoms with Crippen molar-refractivity contribution in [2.75, 3.05) is 6.54 Å². The van der Waals surface area contributed by atoms with Crippen molar-refractivity contribution in [3.8, 4) is 11.4 Å². The van der Waals surface area contributed by atoms with Gasteiger partial charge in [0.25, 0.3) is 0 Å². The maximum absolute atomic E-state index is 13.8. The van der Waals surface area contributed by atoms with Crippen LogP contribution in [0.15, 0.2) is 47.0 Å². The zero-order chi connectivity index (χ0) is 22.9. The topological polar surface area (TPSA) is 51.0 Å². The largest absolute Gasteiger partial charge is 0.416 e. The van der Waals surface area contributed by atoms with Crippen molar-refractivity contribution in [1.29, 1.82) is 0 Å². The monoisotopic (exact) mass is 443 g/mol. The van der Waals surface area contributed by atoms with Crippen LogP contribution < -0.4 is 5.32 Å². The number of nitrogens with zero attached hydrogens (tertiary/aromatic N) is 2. The van der Waals surface area contributed by atoms with Crippen LogP contribution in [-0.2, 0) is 24.4 Å². The fraction of sp³-hybridized carbons (Fsp3) is 0.440. The zero-order valence-corrected chi connectivity index (χ0v) is 18.6. The highest BCUT2D eigenvalue weighted by Gasteiger charge is 2.34. The first-order chi connectivity index (χ1) is 15.1. The lowest BCUT2D eigenvalue weighted by Crippen LogP contribution is -2.13. The molecule has 1 N–H and O–H groups in total. The van der Waals surface area contributed by atoms with Crippen molar-refractivity contribution < 1.29 is 17.7 Å². The van der Waals surface area contributed by atoms with Crippen molar-refractivity contribution in [1.82, 2.24) is 15.5 Å². The Balaban J connectivity index is 1.54. The van der Waals surface area contributed by atoms with Crippen LogP contribution in [0.25, 0.3) is 11.4 Å². The van der Waals surface area contributed by atoms with Crippen LogP contribution >= 0.6 is 0 Å². The third kappa shape index (κ3) is 5.04. The van der Waals surface area contributed by atoms with E-state index in [1.807, 2.05) is 12.1 Å². The minimum absolute atomic E-state index is 0.0257. The predicted octanol–water partition coefficient (Wildman–Crippen LogP) is 6.26. The Hall–Kier alpha value is -2.67. The number of hydrogen-bond donors (Lipinski definition) is 1. The molecule has 4 rings (SSSR count). The first-order valence-electron chi connectivity index (χ1n) is 11.0. The molecule has 1 saturated heterocycles. The van der Waals surface area contributed by atoms with Crippen LogP contribution in [-0.4, -0.2) is 16.7 Å². The maximum atomic E-state index is 13.8. The molecule has 1 aromatic heterocycles. The molecule has 3 aromatic rings. The Morgan fingerprint density at radius 1 is 1.03 bits per heavy atom. The molecule has 0 amide bonds. The fourth-order valence-corrected chi connectivity index (χ4v) is 4.04. The molecule has 2 heterocycles. The van der Waals surface area contributed by atoms with Gasteiger partial charge in [-0.15, -0.1) is 0 Å². The third-order valence-corrected chi connectivity index (χ3v) is 5.98. The first-order valence-corrected chi connectivity index (χ1v) is 11.0. The van der Waals surface area contributed by atoms with Gasteiger partial charge in [-0.05, 0) is 60.4 Å². The van der Waals surface area contributed by atoms with Gasteiger partial charge in [0.05, 0.1) is 11.6 Å². The van der Waals surface area contributed by atoms with E-state index >= 15 is 0 Å². The highest BCUT2D eigenvalue weighted by molar-refractivity contribution is 5.57. The number of rotatable bonds is 5. The van der Waals surface area contributed by atoms with E-state index in [2.05, 4.69) is 48.4 Å². The number of alkyl halides is 3. The molecule has 4 nitrogen and oxygen atoms in total. The molecule has 1 aliphatic heterocycles. The molecular weight excluding hydrogens is 415 g/mol. The van der Waals surface area contributed by atoms with Gasteiger partial charge in [0.2, 0.25) is 11.7 Å². The predicted molar refractivity (Wildman–Crippen MR) is 117 cm³/mol. The van der Waals surface area contributed by atoms with E-state index in [0.717, 1.165) is 31.0 Å². The lowest BCUT2D eigenvalue weighted by Gasteiger charge is -2.19. The van der Waals surface area contributed by atoms with Crippen molar-refractivity contribution in [2.24, 2.45) is 0 Å². The smallest absolute Gasteiger partial charge is 0.337 e. The molecule has 0 aliphatic carbocycles. The Kier molecular flexibility index (Phi) is 6.12. The van der Waals surface area contributed by atoms with Crippen molar-refractivity contribution in [3.05, 3.63) is 70.6 Å². The van der Waals surface area contributed by atoms with Crippen LogP contribution in [0.1, 0.15) is 67.8 Å². The summed E-state index contributed by atoms with van der Waals surface area (Å²) in [6.45, 7) is 7.27. The summed E-state index contributed by atoms with van der Waals surface area (Å²) in [5.41, 5.74) is 2.19. The van der Waals surface area contributed by atoms with E-state index in [9.17, 15) is 13.2 Å². The summed E-state index contributed by atoms with van der Waals surface area (Å²) in [5.74, 6) is 0.609. The summed E-state index contributed by atoms with van der Waals surface area (Å²) in [6, 6.07) is 12.4. The van der Waals surface area contributed by atoms with E-state index in [1.165, 1.54) is 11.6 Å². The average molecular weight is 444 g/mol. The summed E-state index contributed by atoms with van der Waals surface area (Å²) < 4.78 is 46.8. The molecular formula is C25H28F3N3O. The van der Waals surface area contributed by atoms with Crippen LogP contribution in [0.5, 0.6) is 0 Å². The molecule has 1 fully saturated rings. The number of nitrogens with one attached hydrogen (secondary N) is 1. The number of hydrogen-bond acceptors (Lipinski definition) is 4. The molecule has 1 atom stereocenters. The Labute approximate surface area is 186 Å². The lowest BCUT2D eigenvalue weighted by atomic mass is 9.86. The molecule has 2 aromatic carbocycles. The molecule has 0 saturated carbocycles. The standard InChI is InChI=1S/C25H28F3N3O/c1-24(2,3)19-12-7-16(8-13-19)6-9-17-10-11-18(15-20(17)25(26,27)28)22-30-23(32-31-22)21-5-4-14-29-21/h7-8,10-13,15,21,29H,4-6,9,14H2,1-3H3/t21-/m0/s1. The Morgan fingerprint density at radius 3 is 2.41 bits per heavy atom. The first kappa shape index (κ1) is 22.5. The highest BCUT2D eigenvalue weighted by Crippen LogP contribution is 2.35. The molecule has 0 bridgehead atoms. The molecule has 170 valence electrons. The summed E-state index contributed by atoms with van der Waals surface area (Å²) in [6.07, 6.45) is -1.74. The van der Waals surface area contributed by atoms with Crippen LogP contribution in [0.3, 0.4) is 0 Å². The van der Waals surface area contributed by atoms with Gasteiger partial charge in [0, 0.05) is 5.56 Å². The minimum Gasteiger partial charge on any atom is -0.337 e. The Morgan fingerprint density at radius 2 is 1.78 bits per heavy atom. The van der Waals surface area contributed by atoms with Gasteiger partial charge < -0.3 is 9.84 Å². The van der Waals surface area contributed by atoms with Crippen LogP contribution in [0.2, 0.25) is 0 Å². The molecule has 0 spiro atoms. The second-order valence-corrected chi connectivity index (χ2v) is 9.42. The fourth-order valence-electron chi connectivity index (χ4n) is 4.04. The van der Waals surface area contributed by atoms with E-state index in [1.54, 1.807) is 6.07 Å². The quantitative estimate of drug-likeness (QED) is 0.505. The summed E-state index contributed by atoms with van der Waals surface area (Å²) >= 11 is 0. The zero-order valence-electron chi connectivity index (χ0n) is 18.6. The van der Waals surface area contributed by atoms with Gasteiger partial charge in [-0.1, -0.05) is 62.3 Å². The van der Waals surface area contributed by atoms with Gasteiger partial charge in [-0.2, -0.15) is 18.2 Å². The summed E-state index contributed by atoms with van der Waals surface area (Å²) in [5, 5.41) is 7.16. The number of aromatic nitrogens is 2. The van der Waals surface area contributed by atoms with E-state index in [4.69, 9.17) is 4.52 Å². The summed E-state index contributed by atoms with van der Waals surface area (Å²) in [4.78, 5) is 4.33. The highest BCUT2D eigenvalue weighted by atomic mass is 19.4.